The van der Waals surface area contributed by atoms with Crippen LogP contribution in [0.1, 0.15) is 30.1 Å². The molecule has 1 aliphatic heterocycles. The molecule has 0 saturated carbocycles. The molecule has 18 heavy (non-hydrogen) atoms. The third-order valence-electron chi connectivity index (χ3n) is 3.60. The zero-order valence-electron chi connectivity index (χ0n) is 10.2. The first kappa shape index (κ1) is 12.5. The van der Waals surface area contributed by atoms with Gasteiger partial charge in [0, 0.05) is 13.1 Å². The fraction of sp³-hybridized carbons (Fsp3) is 0.500. The van der Waals surface area contributed by atoms with Crippen LogP contribution in [-0.4, -0.2) is 45.2 Å². The van der Waals surface area contributed by atoms with Crippen LogP contribution in [0.4, 0.5) is 0 Å². The van der Waals surface area contributed by atoms with Crippen LogP contribution in [-0.2, 0) is 4.79 Å². The van der Waals surface area contributed by atoms with Gasteiger partial charge in [-0.3, -0.25) is 9.59 Å². The number of nitrogens with zero attached hydrogens (tertiary/aromatic N) is 3. The molecule has 1 atom stereocenters. The summed E-state index contributed by atoms with van der Waals surface area (Å²) in [6.45, 7) is 2.58. The molecular weight excluding hydrogens is 234 g/mol. The largest absolute Gasteiger partial charge is 0.481 e. The van der Waals surface area contributed by atoms with Crippen LogP contribution >= 0.6 is 0 Å². The van der Waals surface area contributed by atoms with Gasteiger partial charge in [0.15, 0.2) is 0 Å². The van der Waals surface area contributed by atoms with Crippen LogP contribution in [0, 0.1) is 5.41 Å². The van der Waals surface area contributed by atoms with E-state index < -0.39 is 11.4 Å². The van der Waals surface area contributed by atoms with Gasteiger partial charge in [0.05, 0.1) is 23.4 Å². The molecule has 1 unspecified atom stereocenters. The molecule has 1 aromatic heterocycles. The number of carbonyl (C=O) groups excluding carboxylic acids is 1. The molecule has 6 nitrogen and oxygen atoms in total. The van der Waals surface area contributed by atoms with Gasteiger partial charge >= 0.3 is 5.97 Å². The van der Waals surface area contributed by atoms with Crippen molar-refractivity contribution in [2.24, 2.45) is 5.41 Å². The lowest BCUT2D eigenvalue weighted by Crippen LogP contribution is -2.36. The Labute approximate surface area is 105 Å². The van der Waals surface area contributed by atoms with Crippen molar-refractivity contribution in [3.05, 3.63) is 24.0 Å². The first-order chi connectivity index (χ1) is 8.59. The molecule has 0 bridgehead atoms. The molecule has 1 fully saturated rings. The lowest BCUT2D eigenvalue weighted by molar-refractivity contribution is -0.148. The van der Waals surface area contributed by atoms with Crippen LogP contribution in [0.25, 0.3) is 0 Å². The molecule has 2 heterocycles. The predicted molar refractivity (Wildman–Crippen MR) is 62.9 cm³/mol. The maximum Gasteiger partial charge on any atom is 0.311 e. The molecule has 0 aliphatic carbocycles. The van der Waals surface area contributed by atoms with Gasteiger partial charge in [-0.1, -0.05) is 6.92 Å². The number of aromatic nitrogens is 2. The van der Waals surface area contributed by atoms with Crippen molar-refractivity contribution in [3.63, 3.8) is 0 Å². The number of carboxylic acid groups (broad SMARTS) is 1. The molecular formula is C12H15N3O3. The topological polar surface area (TPSA) is 83.4 Å². The molecule has 6 heteroatoms. The van der Waals surface area contributed by atoms with Gasteiger partial charge in [0.1, 0.15) is 0 Å². The molecule has 0 radical (unpaired) electrons. The summed E-state index contributed by atoms with van der Waals surface area (Å²) in [5, 5.41) is 16.5. The highest BCUT2D eigenvalue weighted by Crippen LogP contribution is 2.34. The normalized spacial score (nSPS) is 23.1. The quantitative estimate of drug-likeness (QED) is 0.856. The molecule has 0 aromatic carbocycles. The first-order valence-electron chi connectivity index (χ1n) is 5.88. The van der Waals surface area contributed by atoms with Crippen molar-refractivity contribution in [2.75, 3.05) is 13.1 Å². The number of hydrogen-bond donors (Lipinski definition) is 1. The van der Waals surface area contributed by atoms with E-state index in [2.05, 4.69) is 10.2 Å². The Bertz CT molecular complexity index is 463. The van der Waals surface area contributed by atoms with Crippen LogP contribution in [0.5, 0.6) is 0 Å². The third-order valence-corrected chi connectivity index (χ3v) is 3.60. The molecule has 0 spiro atoms. The summed E-state index contributed by atoms with van der Waals surface area (Å²) in [4.78, 5) is 25.0. The van der Waals surface area contributed by atoms with Gasteiger partial charge in [-0.25, -0.2) is 0 Å². The monoisotopic (exact) mass is 249 g/mol. The lowest BCUT2D eigenvalue weighted by Gasteiger charge is -2.22. The number of likely N-dealkylation sites (tertiary alicyclic amines) is 1. The van der Waals surface area contributed by atoms with E-state index in [0.717, 1.165) is 0 Å². The second-order valence-electron chi connectivity index (χ2n) is 4.55. The summed E-state index contributed by atoms with van der Waals surface area (Å²) in [6, 6.07) is 1.59. The summed E-state index contributed by atoms with van der Waals surface area (Å²) in [5.41, 5.74) is -0.349. The van der Waals surface area contributed by atoms with Crippen molar-refractivity contribution >= 4 is 11.9 Å². The zero-order chi connectivity index (χ0) is 13.2. The highest BCUT2D eigenvalue weighted by Gasteiger charge is 2.44. The zero-order valence-corrected chi connectivity index (χ0v) is 10.2. The standard InChI is InChI=1S/C12H15N3O3/c1-2-12(11(17)18)4-6-15(8-12)10(16)9-3-5-13-14-7-9/h3,5,7H,2,4,6,8H2,1H3,(H,17,18). The number of hydrogen-bond acceptors (Lipinski definition) is 4. The van der Waals surface area contributed by atoms with Gasteiger partial charge in [-0.05, 0) is 18.9 Å². The fourth-order valence-corrected chi connectivity index (χ4v) is 2.26. The van der Waals surface area contributed by atoms with E-state index >= 15 is 0 Å². The minimum atomic E-state index is -0.826. The second kappa shape index (κ2) is 4.72. The van der Waals surface area contributed by atoms with E-state index in [9.17, 15) is 14.7 Å². The van der Waals surface area contributed by atoms with Gasteiger partial charge < -0.3 is 10.0 Å². The van der Waals surface area contributed by atoms with Crippen molar-refractivity contribution in [2.45, 2.75) is 19.8 Å². The van der Waals surface area contributed by atoms with Gasteiger partial charge in [-0.2, -0.15) is 10.2 Å². The maximum absolute atomic E-state index is 12.1. The number of rotatable bonds is 3. The van der Waals surface area contributed by atoms with Crippen molar-refractivity contribution in [1.82, 2.24) is 15.1 Å². The Hall–Kier alpha value is -1.98. The van der Waals surface area contributed by atoms with E-state index in [4.69, 9.17) is 0 Å². The molecule has 1 aliphatic rings. The molecule has 1 aromatic rings. The second-order valence-corrected chi connectivity index (χ2v) is 4.55. The molecule has 96 valence electrons. The molecule has 2 rings (SSSR count). The average molecular weight is 249 g/mol. The van der Waals surface area contributed by atoms with Crippen LogP contribution in [0.2, 0.25) is 0 Å². The fourth-order valence-electron chi connectivity index (χ4n) is 2.26. The Balaban J connectivity index is 2.14. The highest BCUT2D eigenvalue weighted by atomic mass is 16.4. The number of carboxylic acids is 1. The van der Waals surface area contributed by atoms with Crippen LogP contribution in [0.15, 0.2) is 18.5 Å². The summed E-state index contributed by atoms with van der Waals surface area (Å²) < 4.78 is 0. The third kappa shape index (κ3) is 2.05. The van der Waals surface area contributed by atoms with Crippen LogP contribution < -0.4 is 0 Å². The summed E-state index contributed by atoms with van der Waals surface area (Å²) in [6.07, 6.45) is 3.88. The van der Waals surface area contributed by atoms with E-state index in [1.807, 2.05) is 6.92 Å². The van der Waals surface area contributed by atoms with E-state index in [1.54, 1.807) is 11.0 Å². The van der Waals surface area contributed by atoms with Gasteiger partial charge in [0.25, 0.3) is 5.91 Å². The summed E-state index contributed by atoms with van der Waals surface area (Å²) >= 11 is 0. The Morgan fingerprint density at radius 1 is 1.50 bits per heavy atom. The Morgan fingerprint density at radius 2 is 2.28 bits per heavy atom. The first-order valence-corrected chi connectivity index (χ1v) is 5.88. The molecule has 1 saturated heterocycles. The summed E-state index contributed by atoms with van der Waals surface area (Å²) in [7, 11) is 0. The smallest absolute Gasteiger partial charge is 0.311 e. The maximum atomic E-state index is 12.1. The number of carbonyl (C=O) groups is 2. The van der Waals surface area contributed by atoms with Crippen molar-refractivity contribution < 1.29 is 14.7 Å². The lowest BCUT2D eigenvalue weighted by atomic mass is 9.84. The Kier molecular flexibility index (Phi) is 3.27. The van der Waals surface area contributed by atoms with Gasteiger partial charge in [-0.15, -0.1) is 0 Å². The molecule has 1 N–H and O–H groups in total. The predicted octanol–water partition coefficient (Wildman–Crippen LogP) is 0.803. The van der Waals surface area contributed by atoms with E-state index in [0.29, 0.717) is 24.9 Å². The summed E-state index contributed by atoms with van der Waals surface area (Å²) in [5.74, 6) is -1.00. The van der Waals surface area contributed by atoms with Crippen LogP contribution in [0.3, 0.4) is 0 Å². The average Bonchev–Trinajstić information content (AvgIpc) is 2.84. The van der Waals surface area contributed by atoms with E-state index in [-0.39, 0.29) is 12.5 Å². The van der Waals surface area contributed by atoms with Crippen molar-refractivity contribution in [1.29, 1.82) is 0 Å². The number of aliphatic carboxylic acids is 1. The minimum absolute atomic E-state index is 0.179. The van der Waals surface area contributed by atoms with Crippen molar-refractivity contribution in [3.8, 4) is 0 Å². The Morgan fingerprint density at radius 3 is 2.78 bits per heavy atom. The minimum Gasteiger partial charge on any atom is -0.481 e. The van der Waals surface area contributed by atoms with Gasteiger partial charge in [0.2, 0.25) is 0 Å². The molecule has 1 amide bonds. The number of amides is 1. The SMILES string of the molecule is CCC1(C(=O)O)CCN(C(=O)c2ccnnc2)C1. The highest BCUT2D eigenvalue weighted by molar-refractivity contribution is 5.94. The van der Waals surface area contributed by atoms with E-state index in [1.165, 1.54) is 12.4 Å².